The molecule has 2 heterocycles. The third-order valence-electron chi connectivity index (χ3n) is 3.30. The minimum Gasteiger partial charge on any atom is -0.383 e. The van der Waals surface area contributed by atoms with Crippen molar-refractivity contribution in [3.63, 3.8) is 0 Å². The summed E-state index contributed by atoms with van der Waals surface area (Å²) in [4.78, 5) is 10.3. The van der Waals surface area contributed by atoms with Gasteiger partial charge >= 0.3 is 0 Å². The molecule has 0 saturated heterocycles. The van der Waals surface area contributed by atoms with Gasteiger partial charge in [0.15, 0.2) is 0 Å². The molecule has 0 aliphatic carbocycles. The number of rotatable bonds is 2. The number of fused-ring (bicyclic) bond motifs is 1. The third-order valence-corrected chi connectivity index (χ3v) is 4.04. The quantitative estimate of drug-likeness (QED) is 0.785. The van der Waals surface area contributed by atoms with E-state index < -0.39 is 0 Å². The Bertz CT molecular complexity index is 691. The molecule has 0 spiro atoms. The van der Waals surface area contributed by atoms with Crippen molar-refractivity contribution in [3.8, 4) is 0 Å². The molecule has 8 heteroatoms. The van der Waals surface area contributed by atoms with Crippen LogP contribution in [0.5, 0.6) is 0 Å². The second kappa shape index (κ2) is 5.55. The maximum atomic E-state index is 6.04. The van der Waals surface area contributed by atoms with Crippen molar-refractivity contribution >= 4 is 40.8 Å². The van der Waals surface area contributed by atoms with Gasteiger partial charge in [-0.3, -0.25) is 4.90 Å². The Balaban J connectivity index is 1.78. The molecule has 0 amide bonds. The van der Waals surface area contributed by atoms with Crippen LogP contribution in [0.25, 0.3) is 0 Å². The van der Waals surface area contributed by atoms with Crippen LogP contribution in [0.15, 0.2) is 18.2 Å². The second-order valence-electron chi connectivity index (χ2n) is 4.86. The summed E-state index contributed by atoms with van der Waals surface area (Å²) in [5.41, 5.74) is 13.4. The predicted molar refractivity (Wildman–Crippen MR) is 85.1 cm³/mol. The summed E-state index contributed by atoms with van der Waals surface area (Å²) in [6, 6.07) is 5.61. The first-order valence-corrected chi connectivity index (χ1v) is 7.10. The van der Waals surface area contributed by atoms with Crippen molar-refractivity contribution in [1.82, 2.24) is 14.9 Å². The minimum absolute atomic E-state index is 0.177. The normalized spacial score (nSPS) is 14.6. The van der Waals surface area contributed by atoms with Crippen LogP contribution in [0, 0.1) is 0 Å². The number of nitrogens with zero attached hydrogens (tertiary/aromatic N) is 3. The molecule has 3 rings (SSSR count). The Morgan fingerprint density at radius 1 is 1.19 bits per heavy atom. The number of nitrogens with two attached hydrogens (primary N) is 2. The maximum absolute atomic E-state index is 6.04. The second-order valence-corrected chi connectivity index (χ2v) is 5.68. The Morgan fingerprint density at radius 2 is 2.00 bits per heavy atom. The fourth-order valence-corrected chi connectivity index (χ4v) is 2.62. The van der Waals surface area contributed by atoms with E-state index in [0.717, 1.165) is 11.1 Å². The lowest BCUT2D eigenvalue weighted by atomic mass is 10.1. The lowest BCUT2D eigenvalue weighted by molar-refractivity contribution is 0.266. The summed E-state index contributed by atoms with van der Waals surface area (Å²) in [6.07, 6.45) is 0. The number of hydrogen-bond acceptors (Lipinski definition) is 6. The van der Waals surface area contributed by atoms with E-state index in [9.17, 15) is 0 Å². The van der Waals surface area contributed by atoms with Crippen LogP contribution in [-0.4, -0.2) is 21.5 Å². The smallest absolute Gasteiger partial charge is 0.223 e. The van der Waals surface area contributed by atoms with E-state index in [0.29, 0.717) is 41.4 Å². The van der Waals surface area contributed by atoms with Gasteiger partial charge in [0.2, 0.25) is 5.95 Å². The van der Waals surface area contributed by atoms with Crippen LogP contribution in [0.1, 0.15) is 11.1 Å². The molecular formula is C13H14Cl2N6. The lowest BCUT2D eigenvalue weighted by Gasteiger charge is -2.29. The van der Waals surface area contributed by atoms with Crippen LogP contribution in [0.2, 0.25) is 10.0 Å². The van der Waals surface area contributed by atoms with Gasteiger partial charge in [0.1, 0.15) is 11.6 Å². The maximum Gasteiger partial charge on any atom is 0.223 e. The third kappa shape index (κ3) is 2.97. The first-order valence-electron chi connectivity index (χ1n) is 6.35. The summed E-state index contributed by atoms with van der Waals surface area (Å²) in [6.45, 7) is 2.00. The standard InChI is InChI=1S/C13H14Cl2N6/c14-9-2-1-7(3-10(9)15)4-21-5-8-11(16)19-13(17)20-12(8)18-6-21/h1-3H,4-6H2,(H5,16,17,18,19,20). The van der Waals surface area contributed by atoms with Crippen molar-refractivity contribution in [3.05, 3.63) is 39.4 Å². The Hall–Kier alpha value is -1.76. The topological polar surface area (TPSA) is 93.1 Å². The molecule has 1 aliphatic heterocycles. The van der Waals surface area contributed by atoms with Crippen LogP contribution in [-0.2, 0) is 13.1 Å². The molecule has 21 heavy (non-hydrogen) atoms. The van der Waals surface area contributed by atoms with Crippen molar-refractivity contribution in [2.24, 2.45) is 0 Å². The van der Waals surface area contributed by atoms with Gasteiger partial charge in [-0.2, -0.15) is 9.97 Å². The minimum atomic E-state index is 0.177. The number of anilines is 3. The first-order chi connectivity index (χ1) is 10.0. The molecule has 0 saturated carbocycles. The van der Waals surface area contributed by atoms with Crippen LogP contribution < -0.4 is 16.8 Å². The van der Waals surface area contributed by atoms with Gasteiger partial charge in [0, 0.05) is 13.1 Å². The van der Waals surface area contributed by atoms with Gasteiger partial charge in [-0.05, 0) is 17.7 Å². The van der Waals surface area contributed by atoms with Gasteiger partial charge in [-0.1, -0.05) is 29.3 Å². The molecule has 0 radical (unpaired) electrons. The van der Waals surface area contributed by atoms with Gasteiger partial charge in [0.25, 0.3) is 0 Å². The molecule has 2 aromatic rings. The van der Waals surface area contributed by atoms with E-state index in [-0.39, 0.29) is 5.95 Å². The average Bonchev–Trinajstić information content (AvgIpc) is 2.43. The molecule has 0 unspecified atom stereocenters. The van der Waals surface area contributed by atoms with Gasteiger partial charge < -0.3 is 16.8 Å². The highest BCUT2D eigenvalue weighted by atomic mass is 35.5. The molecule has 1 aromatic carbocycles. The molecular weight excluding hydrogens is 311 g/mol. The molecule has 1 aromatic heterocycles. The summed E-state index contributed by atoms with van der Waals surface area (Å²) < 4.78 is 0. The summed E-state index contributed by atoms with van der Waals surface area (Å²) in [5.74, 6) is 1.28. The van der Waals surface area contributed by atoms with Crippen LogP contribution in [0.3, 0.4) is 0 Å². The Labute approximate surface area is 132 Å². The number of benzene rings is 1. The van der Waals surface area contributed by atoms with Crippen LogP contribution >= 0.6 is 23.2 Å². The molecule has 1 aliphatic rings. The number of aromatic nitrogens is 2. The fraction of sp³-hybridized carbons (Fsp3) is 0.231. The molecule has 0 atom stereocenters. The zero-order valence-electron chi connectivity index (χ0n) is 11.1. The van der Waals surface area contributed by atoms with Gasteiger partial charge in [-0.15, -0.1) is 0 Å². The van der Waals surface area contributed by atoms with E-state index in [1.54, 1.807) is 6.07 Å². The molecule has 6 nitrogen and oxygen atoms in total. The van der Waals surface area contributed by atoms with E-state index in [4.69, 9.17) is 34.7 Å². The van der Waals surface area contributed by atoms with E-state index in [2.05, 4.69) is 20.2 Å². The Kier molecular flexibility index (Phi) is 3.75. The monoisotopic (exact) mass is 324 g/mol. The summed E-state index contributed by atoms with van der Waals surface area (Å²) in [5, 5.41) is 4.30. The SMILES string of the molecule is Nc1nc(N)c2c(n1)NCN(Cc1ccc(Cl)c(Cl)c1)C2. The number of halogens is 2. The highest BCUT2D eigenvalue weighted by molar-refractivity contribution is 6.42. The number of nitrogens with one attached hydrogen (secondary N) is 1. The highest BCUT2D eigenvalue weighted by Crippen LogP contribution is 2.27. The fourth-order valence-electron chi connectivity index (χ4n) is 2.30. The van der Waals surface area contributed by atoms with Gasteiger partial charge in [-0.25, -0.2) is 0 Å². The largest absolute Gasteiger partial charge is 0.383 e. The van der Waals surface area contributed by atoms with Crippen LogP contribution in [0.4, 0.5) is 17.6 Å². The van der Waals surface area contributed by atoms with E-state index >= 15 is 0 Å². The predicted octanol–water partition coefficient (Wildman–Crippen LogP) is 2.33. The highest BCUT2D eigenvalue weighted by Gasteiger charge is 2.20. The zero-order chi connectivity index (χ0) is 15.0. The number of nitrogen functional groups attached to an aromatic ring is 2. The van der Waals surface area contributed by atoms with Crippen molar-refractivity contribution in [1.29, 1.82) is 0 Å². The number of hydrogen-bond donors (Lipinski definition) is 3. The van der Waals surface area contributed by atoms with E-state index in [1.165, 1.54) is 0 Å². The molecule has 110 valence electrons. The Morgan fingerprint density at radius 3 is 2.76 bits per heavy atom. The van der Waals surface area contributed by atoms with Crippen molar-refractivity contribution in [2.75, 3.05) is 23.5 Å². The molecule has 0 fully saturated rings. The summed E-state index contributed by atoms with van der Waals surface area (Å²) in [7, 11) is 0. The average molecular weight is 325 g/mol. The first kappa shape index (κ1) is 14.2. The molecule has 5 N–H and O–H groups in total. The lowest BCUT2D eigenvalue weighted by Crippen LogP contribution is -2.34. The zero-order valence-corrected chi connectivity index (χ0v) is 12.6. The van der Waals surface area contributed by atoms with E-state index in [1.807, 2.05) is 12.1 Å². The van der Waals surface area contributed by atoms with Crippen molar-refractivity contribution in [2.45, 2.75) is 13.1 Å². The van der Waals surface area contributed by atoms with Crippen molar-refractivity contribution < 1.29 is 0 Å². The van der Waals surface area contributed by atoms with Gasteiger partial charge in [0.05, 0.1) is 22.3 Å². The molecule has 0 bridgehead atoms. The summed E-state index contributed by atoms with van der Waals surface area (Å²) >= 11 is 12.0.